The third-order valence-electron chi connectivity index (χ3n) is 3.71. The Morgan fingerprint density at radius 1 is 1.30 bits per heavy atom. The van der Waals surface area contributed by atoms with E-state index in [-0.39, 0.29) is 24.2 Å². The van der Waals surface area contributed by atoms with Crippen LogP contribution in [-0.4, -0.2) is 37.4 Å². The minimum Gasteiger partial charge on any atom is -0.405 e. The van der Waals surface area contributed by atoms with Gasteiger partial charge in [0.1, 0.15) is 5.75 Å². The van der Waals surface area contributed by atoms with Crippen LogP contribution in [0, 0.1) is 0 Å². The molecule has 0 amide bonds. The summed E-state index contributed by atoms with van der Waals surface area (Å²) < 4.78 is 43.0. The molecule has 2 rings (SSSR count). The zero-order valence-electron chi connectivity index (χ0n) is 12.8. The molecule has 1 aliphatic heterocycles. The van der Waals surface area contributed by atoms with Gasteiger partial charge in [0.25, 0.3) is 0 Å². The lowest BCUT2D eigenvalue weighted by Gasteiger charge is -2.36. The molecule has 1 N–H and O–H groups in total. The fourth-order valence-corrected chi connectivity index (χ4v) is 3.18. The van der Waals surface area contributed by atoms with E-state index in [0.29, 0.717) is 5.56 Å². The number of nitrogens with one attached hydrogen (secondary N) is 1. The molecule has 23 heavy (non-hydrogen) atoms. The number of ether oxygens (including phenoxy) is 1. The molecule has 8 heteroatoms. The maximum Gasteiger partial charge on any atom is 0.573 e. The maximum absolute atomic E-state index is 12.7. The molecule has 0 bridgehead atoms. The lowest BCUT2D eigenvalue weighted by molar-refractivity contribution is -0.275. The number of nitrogens with zero attached hydrogens (tertiary/aromatic N) is 1. The van der Waals surface area contributed by atoms with E-state index in [4.69, 9.17) is 0 Å². The largest absolute Gasteiger partial charge is 0.573 e. The van der Waals surface area contributed by atoms with Crippen LogP contribution in [0.3, 0.4) is 0 Å². The number of piperazine rings is 1. The van der Waals surface area contributed by atoms with Crippen LogP contribution in [0.2, 0.25) is 0 Å². The molecule has 3 nitrogen and oxygen atoms in total. The average molecular weight is 418 g/mol. The zero-order valence-corrected chi connectivity index (χ0v) is 15.2. The molecule has 0 unspecified atom stereocenters. The number of hydrogen-bond donors (Lipinski definition) is 1. The van der Waals surface area contributed by atoms with Crippen LogP contribution in [-0.2, 0) is 0 Å². The molecular weight excluding hydrogens is 397 g/mol. The molecule has 0 spiro atoms. The summed E-state index contributed by atoms with van der Waals surface area (Å²) in [6.45, 7) is 5.39. The van der Waals surface area contributed by atoms with E-state index in [1.807, 2.05) is 6.92 Å². The summed E-state index contributed by atoms with van der Waals surface area (Å²) in [4.78, 5) is 2.23. The molecule has 1 atom stereocenters. The highest BCUT2D eigenvalue weighted by Crippen LogP contribution is 2.37. The predicted molar refractivity (Wildman–Crippen MR) is 90.2 cm³/mol. The summed E-state index contributed by atoms with van der Waals surface area (Å²) in [5, 5.41) is 3.27. The molecule has 132 valence electrons. The van der Waals surface area contributed by atoms with Crippen LogP contribution in [0.1, 0.15) is 31.4 Å². The van der Waals surface area contributed by atoms with Crippen molar-refractivity contribution in [2.24, 2.45) is 0 Å². The molecule has 0 aromatic heterocycles. The molecule has 1 heterocycles. The van der Waals surface area contributed by atoms with Gasteiger partial charge in [-0.3, -0.25) is 4.90 Å². The highest BCUT2D eigenvalue weighted by atomic mass is 79.9. The lowest BCUT2D eigenvalue weighted by atomic mass is 9.99. The van der Waals surface area contributed by atoms with E-state index in [1.54, 1.807) is 12.1 Å². The van der Waals surface area contributed by atoms with Crippen molar-refractivity contribution in [2.45, 2.75) is 32.2 Å². The fraction of sp³-hybridized carbons (Fsp3) is 0.600. The van der Waals surface area contributed by atoms with Gasteiger partial charge in [-0.1, -0.05) is 29.3 Å². The van der Waals surface area contributed by atoms with Gasteiger partial charge in [0, 0.05) is 42.3 Å². The van der Waals surface area contributed by atoms with Crippen molar-refractivity contribution in [1.82, 2.24) is 10.2 Å². The second kappa shape index (κ2) is 9.11. The molecule has 1 fully saturated rings. The van der Waals surface area contributed by atoms with Gasteiger partial charge in [-0.05, 0) is 24.6 Å². The van der Waals surface area contributed by atoms with Gasteiger partial charge in [0.15, 0.2) is 0 Å². The SMILES string of the molecule is CCC[C@H](c1cc(Br)ccc1OC(F)(F)F)N1CCNCC1.Cl. The Bertz CT molecular complexity index is 496. The van der Waals surface area contributed by atoms with Crippen molar-refractivity contribution in [3.8, 4) is 5.75 Å². The second-order valence-corrected chi connectivity index (χ2v) is 6.24. The third-order valence-corrected chi connectivity index (χ3v) is 4.20. The van der Waals surface area contributed by atoms with Crippen molar-refractivity contribution < 1.29 is 17.9 Å². The quantitative estimate of drug-likeness (QED) is 0.762. The standard InChI is InChI=1S/C15H20BrF3N2O.ClH/c1-2-3-13(21-8-6-20-7-9-21)12-10-11(16)4-5-14(12)22-15(17,18)19;/h4-5,10,13,20H,2-3,6-9H2,1H3;1H/t13-;/m1./s1. The Morgan fingerprint density at radius 3 is 2.52 bits per heavy atom. The lowest BCUT2D eigenvalue weighted by Crippen LogP contribution is -2.45. The van der Waals surface area contributed by atoms with E-state index in [0.717, 1.165) is 43.5 Å². The van der Waals surface area contributed by atoms with E-state index >= 15 is 0 Å². The summed E-state index contributed by atoms with van der Waals surface area (Å²) >= 11 is 3.35. The molecule has 1 aliphatic rings. The van der Waals surface area contributed by atoms with Crippen molar-refractivity contribution in [3.63, 3.8) is 0 Å². The first-order chi connectivity index (χ1) is 10.4. The zero-order chi connectivity index (χ0) is 16.2. The monoisotopic (exact) mass is 416 g/mol. The van der Waals surface area contributed by atoms with Crippen LogP contribution < -0.4 is 10.1 Å². The van der Waals surface area contributed by atoms with E-state index in [1.165, 1.54) is 6.07 Å². The first-order valence-electron chi connectivity index (χ1n) is 7.40. The van der Waals surface area contributed by atoms with Gasteiger partial charge in [-0.15, -0.1) is 25.6 Å². The first-order valence-corrected chi connectivity index (χ1v) is 8.20. The highest BCUT2D eigenvalue weighted by Gasteiger charge is 2.34. The summed E-state index contributed by atoms with van der Waals surface area (Å²) in [7, 11) is 0. The minimum absolute atomic E-state index is 0. The van der Waals surface area contributed by atoms with Gasteiger partial charge in [0.2, 0.25) is 0 Å². The average Bonchev–Trinajstić information content (AvgIpc) is 2.46. The molecule has 0 saturated carbocycles. The fourth-order valence-electron chi connectivity index (χ4n) is 2.80. The summed E-state index contributed by atoms with van der Waals surface area (Å²) in [5.41, 5.74) is 0.593. The summed E-state index contributed by atoms with van der Waals surface area (Å²) in [6, 6.07) is 4.63. The number of hydrogen-bond acceptors (Lipinski definition) is 3. The van der Waals surface area contributed by atoms with Gasteiger partial charge in [-0.25, -0.2) is 0 Å². The van der Waals surface area contributed by atoms with Crippen LogP contribution in [0.5, 0.6) is 5.75 Å². The number of alkyl halides is 3. The van der Waals surface area contributed by atoms with Crippen LogP contribution in [0.15, 0.2) is 22.7 Å². The second-order valence-electron chi connectivity index (χ2n) is 5.32. The van der Waals surface area contributed by atoms with Crippen LogP contribution in [0.25, 0.3) is 0 Å². The summed E-state index contributed by atoms with van der Waals surface area (Å²) in [5.74, 6) is -0.104. The van der Waals surface area contributed by atoms with Crippen molar-refractivity contribution in [1.29, 1.82) is 0 Å². The molecule has 1 aromatic rings. The number of rotatable bonds is 5. The van der Waals surface area contributed by atoms with Gasteiger partial charge in [0.05, 0.1) is 0 Å². The Morgan fingerprint density at radius 2 is 1.96 bits per heavy atom. The van der Waals surface area contributed by atoms with Gasteiger partial charge >= 0.3 is 6.36 Å². The Labute approximate surface area is 149 Å². The summed E-state index contributed by atoms with van der Waals surface area (Å²) in [6.07, 6.45) is -2.99. The van der Waals surface area contributed by atoms with Crippen molar-refractivity contribution in [2.75, 3.05) is 26.2 Å². The van der Waals surface area contributed by atoms with E-state index in [9.17, 15) is 13.2 Å². The Kier molecular flexibility index (Phi) is 8.13. The molecule has 0 radical (unpaired) electrons. The maximum atomic E-state index is 12.7. The van der Waals surface area contributed by atoms with E-state index in [2.05, 4.69) is 30.9 Å². The normalized spacial score (nSPS) is 17.4. The smallest absolute Gasteiger partial charge is 0.405 e. The topological polar surface area (TPSA) is 24.5 Å². The number of benzene rings is 1. The Balaban J connectivity index is 0.00000264. The Hall–Kier alpha value is -0.500. The molecule has 1 aromatic carbocycles. The molecule has 1 saturated heterocycles. The van der Waals surface area contributed by atoms with Crippen LogP contribution in [0.4, 0.5) is 13.2 Å². The van der Waals surface area contributed by atoms with Gasteiger partial charge in [-0.2, -0.15) is 0 Å². The van der Waals surface area contributed by atoms with Crippen molar-refractivity contribution in [3.05, 3.63) is 28.2 Å². The third kappa shape index (κ3) is 6.14. The predicted octanol–water partition coefficient (Wildman–Crippen LogP) is 4.52. The van der Waals surface area contributed by atoms with E-state index < -0.39 is 6.36 Å². The van der Waals surface area contributed by atoms with Crippen molar-refractivity contribution >= 4 is 28.3 Å². The van der Waals surface area contributed by atoms with Crippen LogP contribution >= 0.6 is 28.3 Å². The molecular formula is C15H21BrClF3N2O. The molecule has 0 aliphatic carbocycles. The van der Waals surface area contributed by atoms with Gasteiger partial charge < -0.3 is 10.1 Å². The first kappa shape index (κ1) is 20.5. The number of halogens is 5. The minimum atomic E-state index is -4.68. The highest BCUT2D eigenvalue weighted by molar-refractivity contribution is 9.10.